The van der Waals surface area contributed by atoms with E-state index in [1.165, 1.54) is 0 Å². The number of H-pyrrole nitrogens is 1. The van der Waals surface area contributed by atoms with E-state index in [-0.39, 0.29) is 17.1 Å². The Morgan fingerprint density at radius 3 is 2.36 bits per heavy atom. The molecule has 1 aromatic carbocycles. The molecule has 0 aliphatic rings. The first-order valence-electron chi connectivity index (χ1n) is 5.49. The normalized spacial score (nSPS) is 12.1. The number of nitrogens with one attached hydrogen (secondary N) is 2. The quantitative estimate of drug-likeness (QED) is 0.670. The van der Waals surface area contributed by atoms with Crippen LogP contribution in [-0.4, -0.2) is 20.6 Å². The molecule has 0 radical (unpaired) electrons. The highest BCUT2D eigenvalue weighted by molar-refractivity contribution is 5.74. The SMILES string of the molecule is N#CC(=CNc1cc(F)c(C(F)(F)F)c(F)c1)c1nn[nH]n1. The van der Waals surface area contributed by atoms with Crippen molar-refractivity contribution in [3.05, 3.63) is 41.4 Å². The Bertz CT molecular complexity index is 720. The van der Waals surface area contributed by atoms with E-state index in [4.69, 9.17) is 5.26 Å². The number of rotatable bonds is 3. The van der Waals surface area contributed by atoms with E-state index in [1.54, 1.807) is 6.07 Å². The van der Waals surface area contributed by atoms with Crippen molar-refractivity contribution in [3.63, 3.8) is 0 Å². The lowest BCUT2D eigenvalue weighted by molar-refractivity contribution is -0.142. The van der Waals surface area contributed by atoms with E-state index < -0.39 is 23.4 Å². The summed E-state index contributed by atoms with van der Waals surface area (Å²) in [6, 6.07) is 2.59. The Balaban J connectivity index is 2.30. The molecule has 1 aromatic heterocycles. The Labute approximate surface area is 119 Å². The maximum atomic E-state index is 13.4. The molecule has 0 amide bonds. The molecule has 2 aromatic rings. The number of benzene rings is 1. The number of nitriles is 1. The number of allylic oxidation sites excluding steroid dienone is 1. The molecule has 0 saturated carbocycles. The van der Waals surface area contributed by atoms with Gasteiger partial charge in [-0.05, 0) is 17.3 Å². The van der Waals surface area contributed by atoms with Gasteiger partial charge in [0.15, 0.2) is 0 Å². The van der Waals surface area contributed by atoms with Crippen LogP contribution in [0.3, 0.4) is 0 Å². The molecule has 11 heteroatoms. The maximum Gasteiger partial charge on any atom is 0.422 e. The number of hydrogen-bond donors (Lipinski definition) is 2. The Kier molecular flexibility index (Phi) is 4.02. The van der Waals surface area contributed by atoms with Crippen molar-refractivity contribution >= 4 is 11.3 Å². The highest BCUT2D eigenvalue weighted by atomic mass is 19.4. The first-order valence-corrected chi connectivity index (χ1v) is 5.49. The third-order valence-corrected chi connectivity index (χ3v) is 2.42. The van der Waals surface area contributed by atoms with Crippen LogP contribution in [0.25, 0.3) is 5.57 Å². The molecule has 0 saturated heterocycles. The lowest BCUT2D eigenvalue weighted by Crippen LogP contribution is -2.11. The van der Waals surface area contributed by atoms with Crippen LogP contribution in [0.2, 0.25) is 0 Å². The summed E-state index contributed by atoms with van der Waals surface area (Å²) in [5, 5.41) is 23.5. The minimum absolute atomic E-state index is 0.0946. The van der Waals surface area contributed by atoms with E-state index in [1.807, 2.05) is 0 Å². The van der Waals surface area contributed by atoms with Crippen molar-refractivity contribution in [2.24, 2.45) is 0 Å². The summed E-state index contributed by atoms with van der Waals surface area (Å²) < 4.78 is 64.0. The van der Waals surface area contributed by atoms with Crippen LogP contribution < -0.4 is 5.32 Å². The molecule has 0 unspecified atom stereocenters. The molecule has 0 aliphatic heterocycles. The highest BCUT2D eigenvalue weighted by Gasteiger charge is 2.37. The van der Waals surface area contributed by atoms with Gasteiger partial charge in [-0.3, -0.25) is 0 Å². The summed E-state index contributed by atoms with van der Waals surface area (Å²) in [6.45, 7) is 0. The number of halogens is 5. The van der Waals surface area contributed by atoms with Crippen LogP contribution in [0, 0.1) is 23.0 Å². The van der Waals surface area contributed by atoms with Gasteiger partial charge in [-0.1, -0.05) is 0 Å². The van der Waals surface area contributed by atoms with Gasteiger partial charge in [-0.15, -0.1) is 10.2 Å². The van der Waals surface area contributed by atoms with E-state index in [0.29, 0.717) is 12.1 Å². The lowest BCUT2D eigenvalue weighted by Gasteiger charge is -2.11. The fraction of sp³-hybridized carbons (Fsp3) is 0.0909. The molecular weight excluding hydrogens is 311 g/mol. The van der Waals surface area contributed by atoms with Crippen LogP contribution >= 0.6 is 0 Å². The molecule has 1 heterocycles. The Morgan fingerprint density at radius 2 is 1.91 bits per heavy atom. The number of hydrogen-bond acceptors (Lipinski definition) is 5. The maximum absolute atomic E-state index is 13.4. The fourth-order valence-corrected chi connectivity index (χ4v) is 1.51. The second-order valence-corrected chi connectivity index (χ2v) is 3.86. The first-order chi connectivity index (χ1) is 10.3. The van der Waals surface area contributed by atoms with Crippen molar-refractivity contribution in [3.8, 4) is 6.07 Å². The van der Waals surface area contributed by atoms with Crippen molar-refractivity contribution in [1.82, 2.24) is 20.6 Å². The van der Waals surface area contributed by atoms with Gasteiger partial charge in [0.25, 0.3) is 0 Å². The van der Waals surface area contributed by atoms with Gasteiger partial charge in [-0.25, -0.2) is 8.78 Å². The van der Waals surface area contributed by atoms with E-state index in [2.05, 4.69) is 25.9 Å². The van der Waals surface area contributed by atoms with Crippen molar-refractivity contribution in [2.75, 3.05) is 5.32 Å². The van der Waals surface area contributed by atoms with Crippen LogP contribution in [0.15, 0.2) is 18.3 Å². The number of alkyl halides is 3. The van der Waals surface area contributed by atoms with Crippen molar-refractivity contribution in [1.29, 1.82) is 5.26 Å². The summed E-state index contributed by atoms with van der Waals surface area (Å²) in [4.78, 5) is 0. The van der Waals surface area contributed by atoms with E-state index in [0.717, 1.165) is 6.20 Å². The average Bonchev–Trinajstić information content (AvgIpc) is 2.91. The van der Waals surface area contributed by atoms with Gasteiger partial charge in [0.2, 0.25) is 5.82 Å². The zero-order valence-electron chi connectivity index (χ0n) is 10.4. The van der Waals surface area contributed by atoms with Gasteiger partial charge < -0.3 is 5.32 Å². The monoisotopic (exact) mass is 316 g/mol. The fourth-order valence-electron chi connectivity index (χ4n) is 1.51. The molecule has 22 heavy (non-hydrogen) atoms. The average molecular weight is 316 g/mol. The van der Waals surface area contributed by atoms with E-state index in [9.17, 15) is 22.0 Å². The highest BCUT2D eigenvalue weighted by Crippen LogP contribution is 2.34. The number of anilines is 1. The van der Waals surface area contributed by atoms with Gasteiger partial charge in [0.1, 0.15) is 28.8 Å². The molecule has 6 nitrogen and oxygen atoms in total. The Hall–Kier alpha value is -3.03. The third kappa shape index (κ3) is 3.17. The zero-order chi connectivity index (χ0) is 16.3. The summed E-state index contributed by atoms with van der Waals surface area (Å²) in [7, 11) is 0. The summed E-state index contributed by atoms with van der Waals surface area (Å²) in [6.07, 6.45) is -4.17. The predicted molar refractivity (Wildman–Crippen MR) is 62.8 cm³/mol. The topological polar surface area (TPSA) is 90.3 Å². The standard InChI is InChI=1S/C11H5F5N6/c12-7-1-6(2-8(13)9(7)11(14,15)16)18-4-5(3-17)10-19-21-22-20-10/h1-2,4,18H,(H,19,20,21,22). The number of aromatic amines is 1. The molecule has 0 aliphatic carbocycles. The second kappa shape index (κ2) is 5.76. The van der Waals surface area contributed by atoms with Gasteiger partial charge in [-0.2, -0.15) is 23.6 Å². The second-order valence-electron chi connectivity index (χ2n) is 3.86. The lowest BCUT2D eigenvalue weighted by atomic mass is 10.1. The molecule has 2 N–H and O–H groups in total. The minimum atomic E-state index is -5.15. The molecule has 114 valence electrons. The minimum Gasteiger partial charge on any atom is -0.360 e. The predicted octanol–water partition coefficient (Wildman–Crippen LogP) is 2.47. The van der Waals surface area contributed by atoms with Gasteiger partial charge >= 0.3 is 6.18 Å². The first kappa shape index (κ1) is 15.4. The van der Waals surface area contributed by atoms with E-state index >= 15 is 0 Å². The molecular formula is C11H5F5N6. The molecule has 2 rings (SSSR count). The molecule has 0 atom stereocenters. The smallest absolute Gasteiger partial charge is 0.360 e. The van der Waals surface area contributed by atoms with Gasteiger partial charge in [0.05, 0.1) is 0 Å². The molecule has 0 bridgehead atoms. The number of tetrazole rings is 1. The molecule has 0 spiro atoms. The van der Waals surface area contributed by atoms with Gasteiger partial charge in [0, 0.05) is 11.9 Å². The zero-order valence-corrected chi connectivity index (χ0v) is 10.4. The van der Waals surface area contributed by atoms with Crippen LogP contribution in [-0.2, 0) is 6.18 Å². The summed E-state index contributed by atoms with van der Waals surface area (Å²) in [5.74, 6) is -3.65. The van der Waals surface area contributed by atoms with Crippen molar-refractivity contribution in [2.45, 2.75) is 6.18 Å². The third-order valence-electron chi connectivity index (χ3n) is 2.42. The summed E-state index contributed by atoms with van der Waals surface area (Å²) in [5.41, 5.74) is -2.45. The van der Waals surface area contributed by atoms with Crippen molar-refractivity contribution < 1.29 is 22.0 Å². The van der Waals surface area contributed by atoms with Crippen LogP contribution in [0.1, 0.15) is 11.4 Å². The largest absolute Gasteiger partial charge is 0.422 e. The molecule has 0 fully saturated rings. The van der Waals surface area contributed by atoms with Crippen LogP contribution in [0.5, 0.6) is 0 Å². The Morgan fingerprint density at radius 1 is 1.27 bits per heavy atom. The number of nitrogens with zero attached hydrogens (tertiary/aromatic N) is 4. The summed E-state index contributed by atoms with van der Waals surface area (Å²) >= 11 is 0. The number of aromatic nitrogens is 4. The van der Waals surface area contributed by atoms with Crippen LogP contribution in [0.4, 0.5) is 27.6 Å².